The quantitative estimate of drug-likeness (QED) is 0.769. The third-order valence-electron chi connectivity index (χ3n) is 4.58. The van der Waals surface area contributed by atoms with Crippen molar-refractivity contribution in [1.82, 2.24) is 4.31 Å². The summed E-state index contributed by atoms with van der Waals surface area (Å²) >= 11 is 5.85. The fourth-order valence-corrected chi connectivity index (χ4v) is 4.95. The van der Waals surface area contributed by atoms with E-state index in [0.29, 0.717) is 35.1 Å². The van der Waals surface area contributed by atoms with Crippen LogP contribution in [0.2, 0.25) is 5.02 Å². The highest BCUT2D eigenvalue weighted by Gasteiger charge is 2.39. The standard InChI is InChI=1S/C19H21ClN2O5S/c1-26-17-10-7-14(12-18(17)27-2)21-19(23)16-4-3-11-22(16)28(24,25)15-8-5-13(20)6-9-15/h5-10,12,16H,3-4,11H2,1-2H3,(H,21,23). The molecule has 1 aliphatic rings. The molecule has 1 amide bonds. The summed E-state index contributed by atoms with van der Waals surface area (Å²) in [5, 5.41) is 3.22. The van der Waals surface area contributed by atoms with Crippen molar-refractivity contribution in [3.8, 4) is 11.5 Å². The van der Waals surface area contributed by atoms with Gasteiger partial charge in [0, 0.05) is 23.3 Å². The van der Waals surface area contributed by atoms with Gasteiger partial charge in [-0.05, 0) is 49.2 Å². The fourth-order valence-electron chi connectivity index (χ4n) is 3.17. The summed E-state index contributed by atoms with van der Waals surface area (Å²) in [5.41, 5.74) is 0.499. The number of anilines is 1. The van der Waals surface area contributed by atoms with Gasteiger partial charge in [0.05, 0.1) is 19.1 Å². The number of sulfonamides is 1. The third-order valence-corrected chi connectivity index (χ3v) is 6.75. The van der Waals surface area contributed by atoms with Gasteiger partial charge in [-0.25, -0.2) is 8.42 Å². The molecule has 1 saturated heterocycles. The van der Waals surface area contributed by atoms with E-state index >= 15 is 0 Å². The zero-order valence-electron chi connectivity index (χ0n) is 15.5. The van der Waals surface area contributed by atoms with Crippen LogP contribution in [0, 0.1) is 0 Å². The van der Waals surface area contributed by atoms with Crippen molar-refractivity contribution < 1.29 is 22.7 Å². The lowest BCUT2D eigenvalue weighted by Gasteiger charge is -2.23. The zero-order valence-corrected chi connectivity index (χ0v) is 17.1. The smallest absolute Gasteiger partial charge is 0.243 e. The average Bonchev–Trinajstić information content (AvgIpc) is 3.19. The van der Waals surface area contributed by atoms with Crippen molar-refractivity contribution in [2.24, 2.45) is 0 Å². The van der Waals surface area contributed by atoms with Gasteiger partial charge >= 0.3 is 0 Å². The first kappa shape index (κ1) is 20.4. The van der Waals surface area contributed by atoms with Crippen molar-refractivity contribution >= 4 is 33.2 Å². The Labute approximate surface area is 169 Å². The molecule has 0 aromatic heterocycles. The lowest BCUT2D eigenvalue weighted by molar-refractivity contribution is -0.119. The molecule has 1 unspecified atom stereocenters. The van der Waals surface area contributed by atoms with E-state index in [2.05, 4.69) is 5.32 Å². The van der Waals surface area contributed by atoms with Crippen molar-refractivity contribution in [2.45, 2.75) is 23.8 Å². The molecule has 0 radical (unpaired) electrons. The van der Waals surface area contributed by atoms with Crippen LogP contribution in [0.15, 0.2) is 47.4 Å². The van der Waals surface area contributed by atoms with Crippen molar-refractivity contribution in [1.29, 1.82) is 0 Å². The van der Waals surface area contributed by atoms with Gasteiger partial charge < -0.3 is 14.8 Å². The van der Waals surface area contributed by atoms with Crippen molar-refractivity contribution in [3.63, 3.8) is 0 Å². The Bertz CT molecular complexity index is 963. The minimum atomic E-state index is -3.80. The van der Waals surface area contributed by atoms with Gasteiger partial charge in [-0.15, -0.1) is 0 Å². The highest BCUT2D eigenvalue weighted by Crippen LogP contribution is 2.31. The molecular weight excluding hydrogens is 404 g/mol. The van der Waals surface area contributed by atoms with Crippen molar-refractivity contribution in [3.05, 3.63) is 47.5 Å². The maximum absolute atomic E-state index is 13.0. The summed E-state index contributed by atoms with van der Waals surface area (Å²) in [6.45, 7) is 0.287. The molecule has 1 aliphatic heterocycles. The number of halogens is 1. The summed E-state index contributed by atoms with van der Waals surface area (Å²) in [6, 6.07) is 10.1. The normalized spacial score (nSPS) is 17.3. The number of nitrogens with zero attached hydrogens (tertiary/aromatic N) is 1. The molecule has 7 nitrogen and oxygen atoms in total. The molecule has 9 heteroatoms. The number of rotatable bonds is 6. The lowest BCUT2D eigenvalue weighted by atomic mass is 10.2. The molecular formula is C19H21ClN2O5S. The Morgan fingerprint density at radius 1 is 1.11 bits per heavy atom. The van der Waals surface area contributed by atoms with E-state index in [1.165, 1.54) is 42.8 Å². The lowest BCUT2D eigenvalue weighted by Crippen LogP contribution is -2.43. The van der Waals surface area contributed by atoms with Gasteiger partial charge in [-0.2, -0.15) is 4.31 Å². The molecule has 1 N–H and O–H groups in total. The Balaban J connectivity index is 1.80. The Morgan fingerprint density at radius 3 is 2.43 bits per heavy atom. The van der Waals surface area contributed by atoms with Gasteiger partial charge in [0.2, 0.25) is 15.9 Å². The first-order valence-electron chi connectivity index (χ1n) is 8.67. The fraction of sp³-hybridized carbons (Fsp3) is 0.316. The maximum Gasteiger partial charge on any atom is 0.243 e. The summed E-state index contributed by atoms with van der Waals surface area (Å²) in [4.78, 5) is 12.9. The molecule has 150 valence electrons. The Hall–Kier alpha value is -2.29. The van der Waals surface area contributed by atoms with E-state index in [4.69, 9.17) is 21.1 Å². The molecule has 1 atom stereocenters. The van der Waals surface area contributed by atoms with Crippen LogP contribution >= 0.6 is 11.6 Å². The van der Waals surface area contributed by atoms with Gasteiger partial charge in [-0.3, -0.25) is 4.79 Å². The predicted octanol–water partition coefficient (Wildman–Crippen LogP) is 3.15. The number of carbonyl (C=O) groups is 1. The van der Waals surface area contributed by atoms with Crippen LogP contribution in [0.5, 0.6) is 11.5 Å². The number of hydrogen-bond acceptors (Lipinski definition) is 5. The summed E-state index contributed by atoms with van der Waals surface area (Å²) in [7, 11) is -0.773. The minimum Gasteiger partial charge on any atom is -0.493 e. The summed E-state index contributed by atoms with van der Waals surface area (Å²) in [5.74, 6) is 0.618. The molecule has 2 aromatic rings. The van der Waals surface area contributed by atoms with Gasteiger partial charge in [0.25, 0.3) is 0 Å². The van der Waals surface area contributed by atoms with Crippen LogP contribution in [0.1, 0.15) is 12.8 Å². The monoisotopic (exact) mass is 424 g/mol. The highest BCUT2D eigenvalue weighted by molar-refractivity contribution is 7.89. The second-order valence-electron chi connectivity index (χ2n) is 6.29. The second-order valence-corrected chi connectivity index (χ2v) is 8.61. The molecule has 0 bridgehead atoms. The number of ether oxygens (including phenoxy) is 2. The van der Waals surface area contributed by atoms with E-state index in [0.717, 1.165) is 0 Å². The number of amides is 1. The van der Waals surface area contributed by atoms with E-state index < -0.39 is 16.1 Å². The highest BCUT2D eigenvalue weighted by atomic mass is 35.5. The Kier molecular flexibility index (Phi) is 6.12. The van der Waals surface area contributed by atoms with Gasteiger partial charge in [0.1, 0.15) is 6.04 Å². The molecule has 28 heavy (non-hydrogen) atoms. The SMILES string of the molecule is COc1ccc(NC(=O)C2CCCN2S(=O)(=O)c2ccc(Cl)cc2)cc1OC. The molecule has 0 saturated carbocycles. The van der Waals surface area contributed by atoms with Crippen LogP contribution in [0.3, 0.4) is 0 Å². The van der Waals surface area contributed by atoms with E-state index in [9.17, 15) is 13.2 Å². The Morgan fingerprint density at radius 2 is 1.79 bits per heavy atom. The minimum absolute atomic E-state index is 0.114. The summed E-state index contributed by atoms with van der Waals surface area (Å²) < 4.78 is 37.6. The zero-order chi connectivity index (χ0) is 20.3. The molecule has 0 aliphatic carbocycles. The first-order chi connectivity index (χ1) is 13.4. The third kappa shape index (κ3) is 4.09. The van der Waals surface area contributed by atoms with Crippen LogP contribution in [0.4, 0.5) is 5.69 Å². The number of benzene rings is 2. The molecule has 2 aromatic carbocycles. The topological polar surface area (TPSA) is 84.9 Å². The molecule has 0 spiro atoms. The van der Waals surface area contributed by atoms with Crippen LogP contribution in [-0.4, -0.2) is 45.4 Å². The second kappa shape index (κ2) is 8.38. The summed E-state index contributed by atoms with van der Waals surface area (Å²) in [6.07, 6.45) is 1.06. The number of nitrogens with one attached hydrogen (secondary N) is 1. The van der Waals surface area contributed by atoms with E-state index in [1.807, 2.05) is 0 Å². The van der Waals surface area contributed by atoms with Crippen LogP contribution < -0.4 is 14.8 Å². The van der Waals surface area contributed by atoms with Crippen LogP contribution in [0.25, 0.3) is 0 Å². The van der Waals surface area contributed by atoms with E-state index in [-0.39, 0.29) is 17.3 Å². The van der Waals surface area contributed by atoms with Crippen molar-refractivity contribution in [2.75, 3.05) is 26.1 Å². The van der Waals surface area contributed by atoms with Gasteiger partial charge in [0.15, 0.2) is 11.5 Å². The van der Waals surface area contributed by atoms with Gasteiger partial charge in [-0.1, -0.05) is 11.6 Å². The van der Waals surface area contributed by atoms with Crippen LogP contribution in [-0.2, 0) is 14.8 Å². The molecule has 3 rings (SSSR count). The largest absolute Gasteiger partial charge is 0.493 e. The van der Waals surface area contributed by atoms with E-state index in [1.54, 1.807) is 18.2 Å². The maximum atomic E-state index is 13.0. The number of carbonyl (C=O) groups excluding carboxylic acids is 1. The number of methoxy groups -OCH3 is 2. The average molecular weight is 425 g/mol. The first-order valence-corrected chi connectivity index (χ1v) is 10.5. The predicted molar refractivity (Wildman–Crippen MR) is 107 cm³/mol. The number of hydrogen-bond donors (Lipinski definition) is 1. The molecule has 1 heterocycles. The molecule has 1 fully saturated rings.